The van der Waals surface area contributed by atoms with E-state index in [0.717, 1.165) is 0 Å². The molecule has 0 fully saturated rings. The number of hydrogen-bond donors (Lipinski definition) is 0. The Balaban J connectivity index is 2.00. The second kappa shape index (κ2) is 5.47. The predicted molar refractivity (Wildman–Crippen MR) is 82.3 cm³/mol. The summed E-state index contributed by atoms with van der Waals surface area (Å²) in [7, 11) is -1.05. The van der Waals surface area contributed by atoms with Crippen LogP contribution in [0.1, 0.15) is 0 Å². The maximum absolute atomic E-state index is 12.3. The highest BCUT2D eigenvalue weighted by molar-refractivity contribution is 7.87. The van der Waals surface area contributed by atoms with Crippen molar-refractivity contribution in [3.63, 3.8) is 0 Å². The smallest absolute Gasteiger partial charge is 0.419 e. The molecule has 0 bridgehead atoms. The quantitative estimate of drug-likeness (QED) is 0.677. The van der Waals surface area contributed by atoms with Crippen molar-refractivity contribution < 1.29 is 21.8 Å². The summed E-state index contributed by atoms with van der Waals surface area (Å²) in [5.41, 5.74) is 0.670. The van der Waals surface area contributed by atoms with Gasteiger partial charge in [-0.2, -0.15) is 8.42 Å². The first-order valence-corrected chi connectivity index (χ1v) is 8.00. The molecule has 0 aliphatic heterocycles. The summed E-state index contributed by atoms with van der Waals surface area (Å²) in [6.45, 7) is 0. The van der Waals surface area contributed by atoms with E-state index in [1.807, 2.05) is 0 Å². The van der Waals surface area contributed by atoms with Gasteiger partial charge in [-0.15, -0.1) is 0 Å². The second-order valence-corrected chi connectivity index (χ2v) is 6.32. The highest BCUT2D eigenvalue weighted by Gasteiger charge is 2.19. The molecule has 0 aliphatic carbocycles. The van der Waals surface area contributed by atoms with E-state index in [2.05, 4.69) is 0 Å². The fourth-order valence-corrected chi connectivity index (χ4v) is 3.04. The number of nitrogens with zero attached hydrogens (tertiary/aromatic N) is 1. The molecule has 0 atom stereocenters. The molecule has 0 saturated carbocycles. The van der Waals surface area contributed by atoms with E-state index in [1.165, 1.54) is 49.1 Å². The molecule has 7 nitrogen and oxygen atoms in total. The van der Waals surface area contributed by atoms with Gasteiger partial charge in [0.1, 0.15) is 16.4 Å². The number of methoxy groups -OCH3 is 1. The van der Waals surface area contributed by atoms with Crippen LogP contribution in [0.5, 0.6) is 11.5 Å². The van der Waals surface area contributed by atoms with Crippen molar-refractivity contribution in [3.05, 3.63) is 53.0 Å². The minimum atomic E-state index is -4.06. The lowest BCUT2D eigenvalue weighted by atomic mass is 10.3. The third-order valence-corrected chi connectivity index (χ3v) is 4.54. The molecule has 1 aromatic heterocycles. The van der Waals surface area contributed by atoms with Gasteiger partial charge in [0.15, 0.2) is 5.58 Å². The highest BCUT2D eigenvalue weighted by atomic mass is 32.2. The van der Waals surface area contributed by atoms with Crippen LogP contribution in [0.2, 0.25) is 0 Å². The summed E-state index contributed by atoms with van der Waals surface area (Å²) in [6.07, 6.45) is 0. The monoisotopic (exact) mass is 335 g/mol. The number of ether oxygens (including phenoxy) is 1. The molecule has 2 aromatic carbocycles. The van der Waals surface area contributed by atoms with E-state index in [0.29, 0.717) is 11.3 Å². The first kappa shape index (κ1) is 15.2. The molecule has 0 saturated heterocycles. The van der Waals surface area contributed by atoms with E-state index < -0.39 is 15.9 Å². The van der Waals surface area contributed by atoms with Crippen LogP contribution in [0, 0.1) is 0 Å². The van der Waals surface area contributed by atoms with E-state index >= 15 is 0 Å². The lowest BCUT2D eigenvalue weighted by Crippen LogP contribution is -2.10. The fourth-order valence-electron chi connectivity index (χ4n) is 2.10. The molecule has 23 heavy (non-hydrogen) atoms. The Hall–Kier alpha value is -2.74. The summed E-state index contributed by atoms with van der Waals surface area (Å²) in [5, 5.41) is 0. The van der Waals surface area contributed by atoms with Gasteiger partial charge in [-0.05, 0) is 24.3 Å². The van der Waals surface area contributed by atoms with Crippen LogP contribution in [-0.2, 0) is 17.2 Å². The van der Waals surface area contributed by atoms with Crippen LogP contribution in [0.25, 0.3) is 11.1 Å². The van der Waals surface area contributed by atoms with Gasteiger partial charge in [0.2, 0.25) is 0 Å². The van der Waals surface area contributed by atoms with Crippen molar-refractivity contribution >= 4 is 21.2 Å². The lowest BCUT2D eigenvalue weighted by molar-refractivity contribution is 0.411. The van der Waals surface area contributed by atoms with Gasteiger partial charge in [0.25, 0.3) is 0 Å². The van der Waals surface area contributed by atoms with Crippen LogP contribution in [0.3, 0.4) is 0 Å². The Morgan fingerprint density at radius 1 is 1.09 bits per heavy atom. The number of benzene rings is 2. The topological polar surface area (TPSA) is 87.7 Å². The van der Waals surface area contributed by atoms with Crippen molar-refractivity contribution in [1.82, 2.24) is 4.57 Å². The van der Waals surface area contributed by atoms with Gasteiger partial charge in [0.05, 0.1) is 12.6 Å². The highest BCUT2D eigenvalue weighted by Crippen LogP contribution is 2.24. The van der Waals surface area contributed by atoms with E-state index in [4.69, 9.17) is 13.3 Å². The van der Waals surface area contributed by atoms with E-state index in [1.54, 1.807) is 12.1 Å². The first-order valence-electron chi connectivity index (χ1n) is 6.59. The standard InChI is InChI=1S/C15H13NO6S/c1-16-13-7-6-12(9-14(13)21-15(16)17)23(18,19)22-11-5-3-4-10(8-11)20-2/h3-9H,1-2H3. The van der Waals surface area contributed by atoms with E-state index in [-0.39, 0.29) is 16.2 Å². The zero-order valence-electron chi connectivity index (χ0n) is 12.3. The maximum Gasteiger partial charge on any atom is 0.419 e. The van der Waals surface area contributed by atoms with Gasteiger partial charge in [0, 0.05) is 19.2 Å². The Bertz CT molecular complexity index is 1030. The molecular formula is C15H13NO6S. The van der Waals surface area contributed by atoms with Crippen molar-refractivity contribution in [2.75, 3.05) is 7.11 Å². The summed E-state index contributed by atoms with van der Waals surface area (Å²) >= 11 is 0. The van der Waals surface area contributed by atoms with Gasteiger partial charge < -0.3 is 13.3 Å². The van der Waals surface area contributed by atoms with E-state index in [9.17, 15) is 13.2 Å². The fraction of sp³-hybridized carbons (Fsp3) is 0.133. The summed E-state index contributed by atoms with van der Waals surface area (Å²) in [6, 6.07) is 10.3. The first-order chi connectivity index (χ1) is 10.9. The Labute approximate surface area is 131 Å². The molecule has 3 rings (SSSR count). The molecule has 3 aromatic rings. The van der Waals surface area contributed by atoms with Crippen LogP contribution >= 0.6 is 0 Å². The van der Waals surface area contributed by atoms with Crippen molar-refractivity contribution in [2.24, 2.45) is 7.05 Å². The molecule has 0 amide bonds. The lowest BCUT2D eigenvalue weighted by Gasteiger charge is -2.08. The molecule has 0 spiro atoms. The molecule has 120 valence electrons. The summed E-state index contributed by atoms with van der Waals surface area (Å²) in [4.78, 5) is 11.4. The van der Waals surface area contributed by atoms with Gasteiger partial charge in [-0.1, -0.05) is 6.07 Å². The number of hydrogen-bond acceptors (Lipinski definition) is 6. The molecular weight excluding hydrogens is 322 g/mol. The zero-order valence-corrected chi connectivity index (χ0v) is 13.2. The molecule has 0 unspecified atom stereocenters. The SMILES string of the molecule is COc1cccc(OS(=O)(=O)c2ccc3c(c2)oc(=O)n3C)c1. The minimum absolute atomic E-state index is 0.109. The molecule has 0 aliphatic rings. The van der Waals surface area contributed by atoms with Gasteiger partial charge in [-0.25, -0.2) is 4.79 Å². The van der Waals surface area contributed by atoms with Crippen molar-refractivity contribution in [1.29, 1.82) is 0 Å². The van der Waals surface area contributed by atoms with Gasteiger partial charge in [-0.3, -0.25) is 4.57 Å². The molecule has 8 heteroatoms. The summed E-state index contributed by atoms with van der Waals surface area (Å²) < 4.78 is 41.1. The van der Waals surface area contributed by atoms with Gasteiger partial charge >= 0.3 is 15.9 Å². The van der Waals surface area contributed by atoms with Crippen LogP contribution in [0.4, 0.5) is 0 Å². The maximum atomic E-state index is 12.3. The third-order valence-electron chi connectivity index (χ3n) is 3.30. The Kier molecular flexibility index (Phi) is 3.61. The van der Waals surface area contributed by atoms with Crippen molar-refractivity contribution in [3.8, 4) is 11.5 Å². The molecule has 0 radical (unpaired) electrons. The number of fused-ring (bicyclic) bond motifs is 1. The summed E-state index contributed by atoms with van der Waals surface area (Å²) in [5.74, 6) is 0.0319. The largest absolute Gasteiger partial charge is 0.497 e. The number of oxazole rings is 1. The van der Waals surface area contributed by atoms with Crippen LogP contribution in [-0.4, -0.2) is 20.1 Å². The Morgan fingerprint density at radius 3 is 2.57 bits per heavy atom. The number of rotatable bonds is 4. The zero-order chi connectivity index (χ0) is 16.6. The minimum Gasteiger partial charge on any atom is -0.497 e. The second-order valence-electron chi connectivity index (χ2n) is 4.77. The third kappa shape index (κ3) is 2.80. The number of aryl methyl sites for hydroxylation is 1. The normalized spacial score (nSPS) is 11.6. The molecule has 0 N–H and O–H groups in total. The number of aromatic nitrogens is 1. The average molecular weight is 335 g/mol. The van der Waals surface area contributed by atoms with Crippen LogP contribution in [0.15, 0.2) is 56.6 Å². The molecule has 1 heterocycles. The predicted octanol–water partition coefficient (Wildman–Crippen LogP) is 1.91. The van der Waals surface area contributed by atoms with Crippen molar-refractivity contribution in [2.45, 2.75) is 4.90 Å². The van der Waals surface area contributed by atoms with Crippen LogP contribution < -0.4 is 14.7 Å². The average Bonchev–Trinajstić information content (AvgIpc) is 2.81. The Morgan fingerprint density at radius 2 is 1.83 bits per heavy atom.